The summed E-state index contributed by atoms with van der Waals surface area (Å²) >= 11 is 11.5. The van der Waals surface area contributed by atoms with Crippen molar-refractivity contribution in [1.82, 2.24) is 0 Å². The fourth-order valence-corrected chi connectivity index (χ4v) is 2.25. The molecular weight excluding hydrogens is 317 g/mol. The van der Waals surface area contributed by atoms with Crippen molar-refractivity contribution < 1.29 is 19.1 Å². The largest absolute Gasteiger partial charge is 0.465 e. The second-order valence-corrected chi connectivity index (χ2v) is 4.87. The average Bonchev–Trinajstić information content (AvgIpc) is 2.52. The standard InChI is InChI=1S/C14H17Cl2NO4/c1-20-13(18)10-7-11(14(19)21-2)9-12(8-10)17(5-3-15)6-4-16/h7-9H,3-6H2,1-2H3. The van der Waals surface area contributed by atoms with Crippen molar-refractivity contribution in [3.8, 4) is 0 Å². The number of hydrogen-bond donors (Lipinski definition) is 0. The van der Waals surface area contributed by atoms with Crippen molar-refractivity contribution in [3.63, 3.8) is 0 Å². The van der Waals surface area contributed by atoms with Crippen molar-refractivity contribution in [2.45, 2.75) is 0 Å². The van der Waals surface area contributed by atoms with E-state index in [1.54, 1.807) is 12.1 Å². The van der Waals surface area contributed by atoms with E-state index >= 15 is 0 Å². The van der Waals surface area contributed by atoms with Crippen LogP contribution in [0.25, 0.3) is 0 Å². The number of rotatable bonds is 7. The van der Waals surface area contributed by atoms with E-state index in [0.717, 1.165) is 0 Å². The Morgan fingerprint density at radius 1 is 0.952 bits per heavy atom. The molecule has 0 atom stereocenters. The molecule has 0 unspecified atom stereocenters. The zero-order valence-corrected chi connectivity index (χ0v) is 13.4. The van der Waals surface area contributed by atoms with Gasteiger partial charge in [-0.3, -0.25) is 0 Å². The second-order valence-electron chi connectivity index (χ2n) is 4.12. The fourth-order valence-electron chi connectivity index (χ4n) is 1.84. The van der Waals surface area contributed by atoms with E-state index < -0.39 is 11.9 Å². The molecule has 0 aliphatic carbocycles. The number of nitrogens with zero attached hydrogens (tertiary/aromatic N) is 1. The summed E-state index contributed by atoms with van der Waals surface area (Å²) in [7, 11) is 2.56. The Hall–Kier alpha value is -1.46. The fraction of sp³-hybridized carbons (Fsp3) is 0.429. The van der Waals surface area contributed by atoms with Crippen LogP contribution in [0.1, 0.15) is 20.7 Å². The molecule has 0 fully saturated rings. The van der Waals surface area contributed by atoms with Gasteiger partial charge in [0.25, 0.3) is 0 Å². The lowest BCUT2D eigenvalue weighted by molar-refractivity contribution is 0.0599. The number of carbonyl (C=O) groups is 2. The maximum atomic E-state index is 11.7. The first-order chi connectivity index (χ1) is 10.1. The second kappa shape index (κ2) is 8.74. The highest BCUT2D eigenvalue weighted by atomic mass is 35.5. The summed E-state index contributed by atoms with van der Waals surface area (Å²) in [5.74, 6) is -0.266. The molecule has 0 aromatic heterocycles. The van der Waals surface area contributed by atoms with E-state index in [1.165, 1.54) is 20.3 Å². The Balaban J connectivity index is 3.28. The van der Waals surface area contributed by atoms with Gasteiger partial charge in [0.1, 0.15) is 0 Å². The first-order valence-corrected chi connectivity index (χ1v) is 7.32. The maximum absolute atomic E-state index is 11.7. The monoisotopic (exact) mass is 333 g/mol. The highest BCUT2D eigenvalue weighted by molar-refractivity contribution is 6.18. The van der Waals surface area contributed by atoms with Crippen molar-refractivity contribution in [2.24, 2.45) is 0 Å². The molecule has 0 radical (unpaired) electrons. The normalized spacial score (nSPS) is 10.1. The smallest absolute Gasteiger partial charge is 0.337 e. The molecule has 0 saturated carbocycles. The van der Waals surface area contributed by atoms with E-state index in [-0.39, 0.29) is 11.1 Å². The quantitative estimate of drug-likeness (QED) is 0.567. The van der Waals surface area contributed by atoms with Crippen LogP contribution in [0.3, 0.4) is 0 Å². The molecule has 1 aromatic carbocycles. The highest BCUT2D eigenvalue weighted by Crippen LogP contribution is 2.21. The van der Waals surface area contributed by atoms with E-state index in [2.05, 4.69) is 0 Å². The molecule has 0 heterocycles. The number of carbonyl (C=O) groups excluding carboxylic acids is 2. The first-order valence-electron chi connectivity index (χ1n) is 6.26. The lowest BCUT2D eigenvalue weighted by Gasteiger charge is -2.23. The van der Waals surface area contributed by atoms with Crippen LogP contribution in [0.2, 0.25) is 0 Å². The average molecular weight is 334 g/mol. The van der Waals surface area contributed by atoms with Gasteiger partial charge >= 0.3 is 11.9 Å². The van der Waals surface area contributed by atoms with Gasteiger partial charge in [0, 0.05) is 30.5 Å². The van der Waals surface area contributed by atoms with Crippen LogP contribution in [-0.2, 0) is 9.47 Å². The van der Waals surface area contributed by atoms with Crippen LogP contribution in [-0.4, -0.2) is 51.0 Å². The molecular formula is C14H17Cl2NO4. The SMILES string of the molecule is COC(=O)c1cc(C(=O)OC)cc(N(CCCl)CCCl)c1. The number of anilines is 1. The molecule has 5 nitrogen and oxygen atoms in total. The molecule has 21 heavy (non-hydrogen) atoms. The number of alkyl halides is 2. The van der Waals surface area contributed by atoms with Gasteiger partial charge in [0.05, 0.1) is 25.3 Å². The zero-order valence-electron chi connectivity index (χ0n) is 11.9. The van der Waals surface area contributed by atoms with E-state index in [1.807, 2.05) is 4.90 Å². The summed E-state index contributed by atoms with van der Waals surface area (Å²) in [5.41, 5.74) is 1.20. The Kier molecular flexibility index (Phi) is 7.32. The number of benzene rings is 1. The molecule has 0 aliphatic heterocycles. The van der Waals surface area contributed by atoms with Gasteiger partial charge in [-0.15, -0.1) is 23.2 Å². The van der Waals surface area contributed by atoms with E-state index in [9.17, 15) is 9.59 Å². The van der Waals surface area contributed by atoms with Crippen LogP contribution in [0, 0.1) is 0 Å². The van der Waals surface area contributed by atoms with Gasteiger partial charge in [0.15, 0.2) is 0 Å². The summed E-state index contributed by atoms with van der Waals surface area (Å²) in [6.07, 6.45) is 0. The first kappa shape index (κ1) is 17.6. The Morgan fingerprint density at radius 3 is 1.71 bits per heavy atom. The Bertz CT molecular complexity index is 467. The van der Waals surface area contributed by atoms with Crippen LogP contribution in [0.4, 0.5) is 5.69 Å². The summed E-state index contributed by atoms with van der Waals surface area (Å²) in [5, 5.41) is 0. The zero-order chi connectivity index (χ0) is 15.8. The van der Waals surface area contributed by atoms with Crippen molar-refractivity contribution in [1.29, 1.82) is 0 Å². The molecule has 0 aliphatic rings. The predicted octanol–water partition coefficient (Wildman–Crippen LogP) is 2.54. The van der Waals surface area contributed by atoms with Gasteiger partial charge in [-0.05, 0) is 18.2 Å². The predicted molar refractivity (Wildman–Crippen MR) is 82.8 cm³/mol. The topological polar surface area (TPSA) is 55.8 Å². The molecule has 0 N–H and O–H groups in total. The number of ether oxygens (including phenoxy) is 2. The molecule has 0 spiro atoms. The molecule has 7 heteroatoms. The van der Waals surface area contributed by atoms with Crippen LogP contribution >= 0.6 is 23.2 Å². The van der Waals surface area contributed by atoms with Crippen molar-refractivity contribution in [2.75, 3.05) is 44.0 Å². The highest BCUT2D eigenvalue weighted by Gasteiger charge is 2.16. The Labute approximate surface area is 133 Å². The molecule has 1 rings (SSSR count). The third kappa shape index (κ3) is 4.79. The van der Waals surface area contributed by atoms with Gasteiger partial charge < -0.3 is 14.4 Å². The summed E-state index contributed by atoms with van der Waals surface area (Å²) in [4.78, 5) is 25.3. The van der Waals surface area contributed by atoms with E-state index in [4.69, 9.17) is 32.7 Å². The Morgan fingerprint density at radius 2 is 1.38 bits per heavy atom. The lowest BCUT2D eigenvalue weighted by atomic mass is 10.1. The number of hydrogen-bond acceptors (Lipinski definition) is 5. The molecule has 0 amide bonds. The number of halogens is 2. The van der Waals surface area contributed by atoms with Gasteiger partial charge in [-0.2, -0.15) is 0 Å². The van der Waals surface area contributed by atoms with Gasteiger partial charge in [-0.1, -0.05) is 0 Å². The number of esters is 2. The summed E-state index contributed by atoms with van der Waals surface area (Å²) < 4.78 is 9.40. The minimum Gasteiger partial charge on any atom is -0.465 e. The van der Waals surface area contributed by atoms with Crippen LogP contribution in [0.5, 0.6) is 0 Å². The third-order valence-corrected chi connectivity index (χ3v) is 3.17. The molecule has 1 aromatic rings. The van der Waals surface area contributed by atoms with Crippen molar-refractivity contribution in [3.05, 3.63) is 29.3 Å². The van der Waals surface area contributed by atoms with Crippen LogP contribution in [0.15, 0.2) is 18.2 Å². The van der Waals surface area contributed by atoms with Crippen molar-refractivity contribution >= 4 is 40.8 Å². The minimum absolute atomic E-state index is 0.268. The molecule has 0 saturated heterocycles. The summed E-state index contributed by atoms with van der Waals surface area (Å²) in [6.45, 7) is 1.08. The van der Waals surface area contributed by atoms with Gasteiger partial charge in [-0.25, -0.2) is 9.59 Å². The van der Waals surface area contributed by atoms with Crippen LogP contribution < -0.4 is 4.90 Å². The third-order valence-electron chi connectivity index (χ3n) is 2.83. The summed E-state index contributed by atoms with van der Waals surface area (Å²) in [6, 6.07) is 4.70. The molecule has 116 valence electrons. The number of methoxy groups -OCH3 is 2. The van der Waals surface area contributed by atoms with E-state index in [0.29, 0.717) is 30.5 Å². The minimum atomic E-state index is -0.529. The maximum Gasteiger partial charge on any atom is 0.337 e. The lowest BCUT2D eigenvalue weighted by Crippen LogP contribution is -2.28. The van der Waals surface area contributed by atoms with Gasteiger partial charge in [0.2, 0.25) is 0 Å². The molecule has 0 bridgehead atoms.